The Hall–Kier alpha value is -3.66. The van der Waals surface area contributed by atoms with Gasteiger partial charge in [-0.25, -0.2) is 4.98 Å². The van der Waals surface area contributed by atoms with Crippen molar-refractivity contribution in [3.05, 3.63) is 47.7 Å². The second kappa shape index (κ2) is 11.8. The first-order chi connectivity index (χ1) is 18.1. The van der Waals surface area contributed by atoms with Crippen LogP contribution in [-0.4, -0.2) is 72.7 Å². The number of benzene rings is 1. The number of hydrogen-bond donors (Lipinski definition) is 2. The van der Waals surface area contributed by atoms with Gasteiger partial charge < -0.3 is 30.3 Å². The molecule has 10 nitrogen and oxygen atoms in total. The number of carbonyl (C=O) groups is 3. The number of rotatable bonds is 7. The van der Waals surface area contributed by atoms with Crippen LogP contribution in [0.5, 0.6) is 0 Å². The van der Waals surface area contributed by atoms with E-state index in [1.165, 1.54) is 6.20 Å². The molecule has 0 bridgehead atoms. The van der Waals surface area contributed by atoms with Crippen molar-refractivity contribution in [2.75, 3.05) is 49.6 Å². The van der Waals surface area contributed by atoms with Crippen LogP contribution in [0.25, 0.3) is 0 Å². The molecule has 1 aromatic heterocycles. The molecule has 0 saturated carbocycles. The van der Waals surface area contributed by atoms with Gasteiger partial charge in [0.15, 0.2) is 0 Å². The molecule has 1 atom stereocenters. The molecule has 3 heterocycles. The first-order valence-corrected chi connectivity index (χ1v) is 13.1. The summed E-state index contributed by atoms with van der Waals surface area (Å²) in [5, 5.41) is 3.26. The van der Waals surface area contributed by atoms with Crippen LogP contribution in [0.2, 0.25) is 0 Å². The average molecular weight is 524 g/mol. The van der Waals surface area contributed by atoms with Crippen LogP contribution < -0.4 is 16.0 Å². The second-order valence-electron chi connectivity index (χ2n) is 10.8. The number of primary amides is 1. The molecule has 2 aliphatic heterocycles. The van der Waals surface area contributed by atoms with E-state index in [0.717, 1.165) is 19.4 Å². The molecule has 2 saturated heterocycles. The van der Waals surface area contributed by atoms with E-state index in [4.69, 9.17) is 15.2 Å². The molecule has 2 amide bonds. The molecule has 10 heteroatoms. The van der Waals surface area contributed by atoms with Crippen molar-refractivity contribution in [1.29, 1.82) is 0 Å². The zero-order chi connectivity index (χ0) is 27.3. The van der Waals surface area contributed by atoms with E-state index in [0.29, 0.717) is 62.0 Å². The molecule has 2 aliphatic rings. The minimum absolute atomic E-state index is 0.0325. The highest BCUT2D eigenvalue weighted by Crippen LogP contribution is 2.29. The summed E-state index contributed by atoms with van der Waals surface area (Å²) in [7, 11) is 0. The maximum absolute atomic E-state index is 12.7. The number of hydrogen-bond acceptors (Lipinski definition) is 8. The lowest BCUT2D eigenvalue weighted by molar-refractivity contribution is -0.156. The molecule has 2 fully saturated rings. The van der Waals surface area contributed by atoms with Gasteiger partial charge in [0.05, 0.1) is 30.9 Å². The van der Waals surface area contributed by atoms with Crippen LogP contribution in [0.4, 0.5) is 17.2 Å². The number of ether oxygens (including phenoxy) is 2. The van der Waals surface area contributed by atoms with Crippen molar-refractivity contribution in [2.45, 2.75) is 45.6 Å². The van der Waals surface area contributed by atoms with Crippen LogP contribution in [0.3, 0.4) is 0 Å². The highest BCUT2D eigenvalue weighted by atomic mass is 16.6. The van der Waals surface area contributed by atoms with Gasteiger partial charge in [0.2, 0.25) is 0 Å². The van der Waals surface area contributed by atoms with E-state index < -0.39 is 11.5 Å². The number of pyridine rings is 1. The molecule has 0 spiro atoms. The number of nitrogens with zero attached hydrogens (tertiary/aromatic N) is 3. The molecule has 38 heavy (non-hydrogen) atoms. The Bertz CT molecular complexity index is 1160. The lowest BCUT2D eigenvalue weighted by atomic mass is 9.94. The van der Waals surface area contributed by atoms with Gasteiger partial charge in [0.25, 0.3) is 11.8 Å². The van der Waals surface area contributed by atoms with Gasteiger partial charge in [0, 0.05) is 49.7 Å². The van der Waals surface area contributed by atoms with E-state index >= 15 is 0 Å². The molecule has 0 radical (unpaired) electrons. The van der Waals surface area contributed by atoms with E-state index in [-0.39, 0.29) is 23.4 Å². The predicted molar refractivity (Wildman–Crippen MR) is 145 cm³/mol. The highest BCUT2D eigenvalue weighted by molar-refractivity contribution is 5.99. The standard InChI is InChI=1S/C28H37N5O5/c1-28(2,3)38-25(34)15-19-5-4-10-33(18-19)24-16-23(22(17-30-24)26(29)35)31-21-8-6-20(7-9-21)27(36)32-11-13-37-14-12-32/h6-9,16-17,19H,4-5,10-15,18H2,1-3H3,(H2,29,35)(H,30,31)/t19-/m0/s1. The molecule has 2 aromatic rings. The van der Waals surface area contributed by atoms with Crippen molar-refractivity contribution >= 4 is 35.0 Å². The van der Waals surface area contributed by atoms with Crippen LogP contribution in [0.15, 0.2) is 36.5 Å². The van der Waals surface area contributed by atoms with Gasteiger partial charge in [-0.05, 0) is 63.8 Å². The average Bonchev–Trinajstić information content (AvgIpc) is 2.88. The minimum Gasteiger partial charge on any atom is -0.460 e. The summed E-state index contributed by atoms with van der Waals surface area (Å²) in [5.41, 5.74) is 7.22. The number of nitrogens with one attached hydrogen (secondary N) is 1. The SMILES string of the molecule is CC(C)(C)OC(=O)C[C@@H]1CCCN(c2cc(Nc3ccc(C(=O)N4CCOCC4)cc3)c(C(N)=O)cn2)C1. The van der Waals surface area contributed by atoms with Gasteiger partial charge in [-0.2, -0.15) is 0 Å². The number of esters is 1. The van der Waals surface area contributed by atoms with Crippen LogP contribution in [0.1, 0.15) is 60.7 Å². The summed E-state index contributed by atoms with van der Waals surface area (Å²) in [6.07, 6.45) is 3.70. The zero-order valence-corrected chi connectivity index (χ0v) is 22.4. The third-order valence-electron chi connectivity index (χ3n) is 6.58. The summed E-state index contributed by atoms with van der Waals surface area (Å²) in [6, 6.07) is 8.94. The van der Waals surface area contributed by atoms with Gasteiger partial charge in [-0.3, -0.25) is 14.4 Å². The Morgan fingerprint density at radius 2 is 1.84 bits per heavy atom. The maximum atomic E-state index is 12.7. The Morgan fingerprint density at radius 1 is 1.13 bits per heavy atom. The Morgan fingerprint density at radius 3 is 2.50 bits per heavy atom. The Balaban J connectivity index is 1.46. The van der Waals surface area contributed by atoms with Crippen molar-refractivity contribution in [2.24, 2.45) is 11.7 Å². The molecular weight excluding hydrogens is 486 g/mol. The van der Waals surface area contributed by atoms with Gasteiger partial charge >= 0.3 is 5.97 Å². The van der Waals surface area contributed by atoms with Crippen molar-refractivity contribution < 1.29 is 23.9 Å². The van der Waals surface area contributed by atoms with Crippen LogP contribution >= 0.6 is 0 Å². The predicted octanol–water partition coefficient (Wildman–Crippen LogP) is 3.34. The van der Waals surface area contributed by atoms with Crippen molar-refractivity contribution in [3.63, 3.8) is 0 Å². The monoisotopic (exact) mass is 523 g/mol. The number of carbonyl (C=O) groups excluding carboxylic acids is 3. The number of anilines is 3. The summed E-state index contributed by atoms with van der Waals surface area (Å²) in [5.74, 6) is 0.0380. The van der Waals surface area contributed by atoms with Gasteiger partial charge in [0.1, 0.15) is 11.4 Å². The van der Waals surface area contributed by atoms with Crippen molar-refractivity contribution in [3.8, 4) is 0 Å². The van der Waals surface area contributed by atoms with E-state index in [9.17, 15) is 14.4 Å². The lowest BCUT2D eigenvalue weighted by Gasteiger charge is -2.34. The van der Waals surface area contributed by atoms with E-state index in [1.807, 2.05) is 26.8 Å². The number of morpholine rings is 1. The van der Waals surface area contributed by atoms with Gasteiger partial charge in [-0.1, -0.05) is 0 Å². The molecule has 1 aromatic carbocycles. The quantitative estimate of drug-likeness (QED) is 0.529. The molecule has 204 valence electrons. The molecule has 3 N–H and O–H groups in total. The fourth-order valence-electron chi connectivity index (χ4n) is 4.78. The smallest absolute Gasteiger partial charge is 0.306 e. The Labute approximate surface area is 223 Å². The molecule has 4 rings (SSSR count). The third-order valence-corrected chi connectivity index (χ3v) is 6.58. The largest absolute Gasteiger partial charge is 0.460 e. The minimum atomic E-state index is -0.591. The number of amides is 2. The number of piperidine rings is 1. The topological polar surface area (TPSA) is 127 Å². The summed E-state index contributed by atoms with van der Waals surface area (Å²) in [4.78, 5) is 45.6. The first kappa shape index (κ1) is 27.4. The summed E-state index contributed by atoms with van der Waals surface area (Å²) >= 11 is 0. The lowest BCUT2D eigenvalue weighted by Crippen LogP contribution is -2.40. The molecule has 0 aliphatic carbocycles. The normalized spacial score (nSPS) is 18.1. The second-order valence-corrected chi connectivity index (χ2v) is 10.8. The van der Waals surface area contributed by atoms with Crippen molar-refractivity contribution in [1.82, 2.24) is 9.88 Å². The fraction of sp³-hybridized carbons (Fsp3) is 0.500. The van der Waals surface area contributed by atoms with Gasteiger partial charge in [-0.15, -0.1) is 0 Å². The fourth-order valence-corrected chi connectivity index (χ4v) is 4.78. The third kappa shape index (κ3) is 7.22. The van der Waals surface area contributed by atoms with Crippen LogP contribution in [0, 0.1) is 5.92 Å². The molecular formula is C28H37N5O5. The summed E-state index contributed by atoms with van der Waals surface area (Å²) < 4.78 is 10.8. The summed E-state index contributed by atoms with van der Waals surface area (Å²) in [6.45, 7) is 9.32. The maximum Gasteiger partial charge on any atom is 0.306 e. The van der Waals surface area contributed by atoms with Crippen LogP contribution in [-0.2, 0) is 14.3 Å². The zero-order valence-electron chi connectivity index (χ0n) is 22.4. The molecule has 0 unspecified atom stereocenters. The number of nitrogens with two attached hydrogens (primary N) is 1. The Kier molecular flexibility index (Phi) is 8.51. The highest BCUT2D eigenvalue weighted by Gasteiger charge is 2.26. The van der Waals surface area contributed by atoms with E-state index in [2.05, 4.69) is 15.2 Å². The number of aromatic nitrogens is 1. The van der Waals surface area contributed by atoms with E-state index in [1.54, 1.807) is 29.2 Å². The first-order valence-electron chi connectivity index (χ1n) is 13.1.